The van der Waals surface area contributed by atoms with E-state index in [1.807, 2.05) is 18.4 Å². The van der Waals surface area contributed by atoms with Gasteiger partial charge in [-0.3, -0.25) is 4.79 Å². The van der Waals surface area contributed by atoms with E-state index in [0.29, 0.717) is 10.9 Å². The highest BCUT2D eigenvalue weighted by Crippen LogP contribution is 2.25. The molecule has 0 aliphatic carbocycles. The Labute approximate surface area is 93.7 Å². The number of fused-ring (bicyclic) bond motifs is 1. The summed E-state index contributed by atoms with van der Waals surface area (Å²) in [5, 5.41) is 0.696. The van der Waals surface area contributed by atoms with Crippen molar-refractivity contribution in [3.05, 3.63) is 35.8 Å². The van der Waals surface area contributed by atoms with E-state index < -0.39 is 0 Å². The van der Waals surface area contributed by atoms with Crippen molar-refractivity contribution in [1.29, 1.82) is 0 Å². The van der Waals surface area contributed by atoms with Gasteiger partial charge in [0.05, 0.1) is 0 Å². The van der Waals surface area contributed by atoms with Crippen molar-refractivity contribution in [2.45, 2.75) is 26.8 Å². The highest BCUT2D eigenvalue weighted by Gasteiger charge is 2.13. The molecule has 1 aromatic heterocycles. The first-order valence-corrected chi connectivity index (χ1v) is 5.31. The van der Waals surface area contributed by atoms with Crippen LogP contribution in [0.2, 0.25) is 0 Å². The van der Waals surface area contributed by atoms with E-state index in [2.05, 4.69) is 0 Å². The minimum absolute atomic E-state index is 0.0324. The fourth-order valence-corrected chi connectivity index (χ4v) is 1.94. The minimum Gasteiger partial charge on any atom is -0.344 e. The second-order valence-electron chi connectivity index (χ2n) is 4.26. The highest BCUT2D eigenvalue weighted by atomic mass is 19.1. The second kappa shape index (κ2) is 3.74. The van der Waals surface area contributed by atoms with E-state index >= 15 is 0 Å². The summed E-state index contributed by atoms with van der Waals surface area (Å²) < 4.78 is 15.2. The van der Waals surface area contributed by atoms with E-state index in [0.717, 1.165) is 5.52 Å². The molecule has 0 atom stereocenters. The van der Waals surface area contributed by atoms with Crippen LogP contribution < -0.4 is 0 Å². The van der Waals surface area contributed by atoms with Crippen LogP contribution in [0.3, 0.4) is 0 Å². The number of halogens is 1. The van der Waals surface area contributed by atoms with Crippen molar-refractivity contribution in [3.63, 3.8) is 0 Å². The zero-order chi connectivity index (χ0) is 11.9. The van der Waals surface area contributed by atoms with Crippen LogP contribution in [0.25, 0.3) is 10.9 Å². The Morgan fingerprint density at radius 2 is 2.06 bits per heavy atom. The lowest BCUT2D eigenvalue weighted by Gasteiger charge is -2.08. The summed E-state index contributed by atoms with van der Waals surface area (Å²) in [7, 11) is 0. The molecule has 2 rings (SSSR count). The first-order chi connectivity index (χ1) is 7.50. The molecule has 0 spiro atoms. The van der Waals surface area contributed by atoms with Gasteiger partial charge in [0.1, 0.15) is 5.82 Å². The molecule has 0 saturated heterocycles. The lowest BCUT2D eigenvalue weighted by molar-refractivity contribution is 0.101. The third-order valence-electron chi connectivity index (χ3n) is 2.73. The molecule has 0 aliphatic rings. The van der Waals surface area contributed by atoms with Gasteiger partial charge in [0.15, 0.2) is 5.78 Å². The zero-order valence-electron chi connectivity index (χ0n) is 9.62. The van der Waals surface area contributed by atoms with Crippen LogP contribution in [0, 0.1) is 5.82 Å². The molecule has 0 N–H and O–H groups in total. The third kappa shape index (κ3) is 1.62. The van der Waals surface area contributed by atoms with Crippen molar-refractivity contribution >= 4 is 16.7 Å². The number of nitrogens with zero attached hydrogens (tertiary/aromatic N) is 1. The number of rotatable bonds is 2. The molecule has 0 bridgehead atoms. The molecule has 84 valence electrons. The number of Topliss-reactive ketones (excluding diaryl/α,β-unsaturated/α-hetero) is 1. The topological polar surface area (TPSA) is 22.0 Å². The van der Waals surface area contributed by atoms with Gasteiger partial charge in [-0.1, -0.05) is 0 Å². The van der Waals surface area contributed by atoms with Gasteiger partial charge in [-0.15, -0.1) is 0 Å². The summed E-state index contributed by atoms with van der Waals surface area (Å²) in [6, 6.07) is 4.81. The normalized spacial score (nSPS) is 11.3. The molecular formula is C13H14FNO. The minimum atomic E-state index is -0.309. The Hall–Kier alpha value is -1.64. The zero-order valence-corrected chi connectivity index (χ0v) is 9.62. The summed E-state index contributed by atoms with van der Waals surface area (Å²) >= 11 is 0. The van der Waals surface area contributed by atoms with Crippen molar-refractivity contribution < 1.29 is 9.18 Å². The Balaban J connectivity index is 2.81. The summed E-state index contributed by atoms with van der Waals surface area (Å²) in [6.07, 6.45) is 1.80. The lowest BCUT2D eigenvalue weighted by atomic mass is 10.1. The highest BCUT2D eigenvalue weighted by molar-refractivity contribution is 6.07. The van der Waals surface area contributed by atoms with Gasteiger partial charge in [0.2, 0.25) is 0 Å². The molecular weight excluding hydrogens is 205 g/mol. The van der Waals surface area contributed by atoms with Crippen molar-refractivity contribution in [2.75, 3.05) is 0 Å². The number of carbonyl (C=O) groups is 1. The number of aromatic nitrogens is 1. The van der Waals surface area contributed by atoms with Crippen LogP contribution >= 0.6 is 0 Å². The van der Waals surface area contributed by atoms with E-state index in [1.165, 1.54) is 19.1 Å². The molecule has 3 heteroatoms. The molecule has 2 aromatic rings. The molecule has 0 radical (unpaired) electrons. The average molecular weight is 219 g/mol. The van der Waals surface area contributed by atoms with E-state index in [1.54, 1.807) is 12.3 Å². The summed E-state index contributed by atoms with van der Waals surface area (Å²) in [6.45, 7) is 5.57. The molecule has 0 unspecified atom stereocenters. The largest absolute Gasteiger partial charge is 0.344 e. The smallest absolute Gasteiger partial charge is 0.161 e. The van der Waals surface area contributed by atoms with Gasteiger partial charge in [-0.2, -0.15) is 0 Å². The maximum Gasteiger partial charge on any atom is 0.161 e. The van der Waals surface area contributed by atoms with E-state index in [4.69, 9.17) is 0 Å². The number of carbonyl (C=O) groups excluding carboxylic acids is 1. The van der Waals surface area contributed by atoms with Gasteiger partial charge in [-0.05, 0) is 39.0 Å². The maximum atomic E-state index is 13.2. The van der Waals surface area contributed by atoms with Crippen LogP contribution in [0.4, 0.5) is 4.39 Å². The van der Waals surface area contributed by atoms with Crippen LogP contribution in [-0.4, -0.2) is 10.4 Å². The lowest BCUT2D eigenvalue weighted by Crippen LogP contribution is -1.98. The predicted octanol–water partition coefficient (Wildman–Crippen LogP) is 3.56. The van der Waals surface area contributed by atoms with E-state index in [9.17, 15) is 9.18 Å². The van der Waals surface area contributed by atoms with Crippen molar-refractivity contribution in [3.8, 4) is 0 Å². The molecule has 1 heterocycles. The van der Waals surface area contributed by atoms with Crippen molar-refractivity contribution in [1.82, 2.24) is 4.57 Å². The monoisotopic (exact) mass is 219 g/mol. The average Bonchev–Trinajstić information content (AvgIpc) is 2.56. The van der Waals surface area contributed by atoms with Gasteiger partial charge >= 0.3 is 0 Å². The summed E-state index contributed by atoms with van der Waals surface area (Å²) in [5.41, 5.74) is 1.49. The van der Waals surface area contributed by atoms with Crippen LogP contribution in [0.1, 0.15) is 37.2 Å². The van der Waals surface area contributed by atoms with Gasteiger partial charge in [0, 0.05) is 28.7 Å². The van der Waals surface area contributed by atoms with E-state index in [-0.39, 0.29) is 17.6 Å². The predicted molar refractivity (Wildman–Crippen MR) is 62.3 cm³/mol. The molecule has 16 heavy (non-hydrogen) atoms. The fourth-order valence-electron chi connectivity index (χ4n) is 1.94. The Morgan fingerprint density at radius 3 is 2.62 bits per heavy atom. The van der Waals surface area contributed by atoms with Gasteiger partial charge < -0.3 is 4.57 Å². The third-order valence-corrected chi connectivity index (χ3v) is 2.73. The molecule has 0 fully saturated rings. The van der Waals surface area contributed by atoms with Crippen LogP contribution in [0.15, 0.2) is 24.4 Å². The van der Waals surface area contributed by atoms with Gasteiger partial charge in [-0.25, -0.2) is 4.39 Å². The van der Waals surface area contributed by atoms with Gasteiger partial charge in [0.25, 0.3) is 0 Å². The standard InChI is InChI=1S/C13H14FNO/c1-8(2)15-7-12(9(3)16)11-6-10(14)4-5-13(11)15/h4-8H,1-3H3. The van der Waals surface area contributed by atoms with Crippen LogP contribution in [0.5, 0.6) is 0 Å². The molecule has 0 aliphatic heterocycles. The SMILES string of the molecule is CC(=O)c1cn(C(C)C)c2ccc(F)cc12. The molecule has 2 nitrogen and oxygen atoms in total. The summed E-state index contributed by atoms with van der Waals surface area (Å²) in [4.78, 5) is 11.5. The van der Waals surface area contributed by atoms with Crippen molar-refractivity contribution in [2.24, 2.45) is 0 Å². The van der Waals surface area contributed by atoms with Crippen LogP contribution in [-0.2, 0) is 0 Å². The Bertz CT molecular complexity index is 554. The number of ketones is 1. The molecule has 0 amide bonds. The molecule has 1 aromatic carbocycles. The summed E-state index contributed by atoms with van der Waals surface area (Å²) in [5.74, 6) is -0.341. The maximum absolute atomic E-state index is 13.2. The first kappa shape index (κ1) is 10.9. The second-order valence-corrected chi connectivity index (χ2v) is 4.26. The Kier molecular flexibility index (Phi) is 2.54. The molecule has 0 saturated carbocycles. The first-order valence-electron chi connectivity index (χ1n) is 5.31. The Morgan fingerprint density at radius 1 is 1.38 bits per heavy atom. The fraction of sp³-hybridized carbons (Fsp3) is 0.308. The number of hydrogen-bond donors (Lipinski definition) is 0. The number of hydrogen-bond acceptors (Lipinski definition) is 1. The number of benzene rings is 1. The quantitative estimate of drug-likeness (QED) is 0.708.